The van der Waals surface area contributed by atoms with E-state index in [1.807, 2.05) is 37.3 Å². The molecule has 18 heavy (non-hydrogen) atoms. The lowest BCUT2D eigenvalue weighted by Gasteiger charge is -1.98. The molecule has 4 heteroatoms. The van der Waals surface area contributed by atoms with Crippen molar-refractivity contribution in [1.82, 2.24) is 15.0 Å². The van der Waals surface area contributed by atoms with Crippen LogP contribution in [0.5, 0.6) is 0 Å². The van der Waals surface area contributed by atoms with Crippen LogP contribution in [-0.4, -0.2) is 15.0 Å². The molecule has 0 aliphatic carbocycles. The van der Waals surface area contributed by atoms with Crippen molar-refractivity contribution in [1.29, 1.82) is 5.26 Å². The SMILES string of the molecule is CCn1nnc(C#N)c1/C=C/c1ccc(C)cc1. The lowest BCUT2D eigenvalue weighted by molar-refractivity contribution is 0.622. The van der Waals surface area contributed by atoms with E-state index in [1.165, 1.54) is 5.56 Å². The summed E-state index contributed by atoms with van der Waals surface area (Å²) < 4.78 is 1.71. The van der Waals surface area contributed by atoms with E-state index >= 15 is 0 Å². The van der Waals surface area contributed by atoms with Gasteiger partial charge in [-0.3, -0.25) is 0 Å². The highest BCUT2D eigenvalue weighted by atomic mass is 15.4. The second-order valence-corrected chi connectivity index (χ2v) is 3.99. The maximum atomic E-state index is 8.96. The van der Waals surface area contributed by atoms with Gasteiger partial charge in [0.2, 0.25) is 0 Å². The minimum Gasteiger partial charge on any atom is -0.244 e. The van der Waals surface area contributed by atoms with Gasteiger partial charge in [-0.05, 0) is 25.5 Å². The highest BCUT2D eigenvalue weighted by Gasteiger charge is 2.07. The molecule has 0 atom stereocenters. The average molecular weight is 238 g/mol. The fourth-order valence-electron chi connectivity index (χ4n) is 1.65. The molecule has 0 fully saturated rings. The van der Waals surface area contributed by atoms with Crippen molar-refractivity contribution in [2.24, 2.45) is 0 Å². The normalized spacial score (nSPS) is 10.7. The zero-order chi connectivity index (χ0) is 13.0. The molecule has 0 amide bonds. The molecule has 1 heterocycles. The number of aryl methyl sites for hydroxylation is 2. The highest BCUT2D eigenvalue weighted by Crippen LogP contribution is 2.11. The van der Waals surface area contributed by atoms with Crippen molar-refractivity contribution >= 4 is 12.2 Å². The van der Waals surface area contributed by atoms with E-state index in [0.29, 0.717) is 12.2 Å². The van der Waals surface area contributed by atoms with Gasteiger partial charge in [-0.25, -0.2) is 4.68 Å². The van der Waals surface area contributed by atoms with Crippen LogP contribution < -0.4 is 0 Å². The first-order valence-electron chi connectivity index (χ1n) is 5.83. The zero-order valence-electron chi connectivity index (χ0n) is 10.5. The molecule has 0 aliphatic heterocycles. The van der Waals surface area contributed by atoms with Crippen LogP contribution in [0.4, 0.5) is 0 Å². The van der Waals surface area contributed by atoms with Crippen molar-refractivity contribution < 1.29 is 0 Å². The third-order valence-corrected chi connectivity index (χ3v) is 2.69. The fraction of sp³-hybridized carbons (Fsp3) is 0.214. The van der Waals surface area contributed by atoms with Gasteiger partial charge >= 0.3 is 0 Å². The Bertz CT molecular complexity index is 600. The van der Waals surface area contributed by atoms with Crippen molar-refractivity contribution in [2.75, 3.05) is 0 Å². The average Bonchev–Trinajstić information content (AvgIpc) is 2.80. The first-order valence-corrected chi connectivity index (χ1v) is 5.83. The summed E-state index contributed by atoms with van der Waals surface area (Å²) in [6.45, 7) is 4.72. The van der Waals surface area contributed by atoms with Crippen LogP contribution >= 0.6 is 0 Å². The molecule has 0 radical (unpaired) electrons. The zero-order valence-corrected chi connectivity index (χ0v) is 10.5. The Morgan fingerprint density at radius 3 is 2.61 bits per heavy atom. The number of nitriles is 1. The van der Waals surface area contributed by atoms with Crippen LogP contribution in [0.25, 0.3) is 12.2 Å². The topological polar surface area (TPSA) is 54.5 Å². The molecule has 1 aromatic carbocycles. The number of hydrogen-bond donors (Lipinski definition) is 0. The second-order valence-electron chi connectivity index (χ2n) is 3.99. The molecule has 0 saturated carbocycles. The van der Waals surface area contributed by atoms with E-state index in [4.69, 9.17) is 5.26 Å². The molecule has 0 bridgehead atoms. The standard InChI is InChI=1S/C14H14N4/c1-3-18-14(13(10-15)16-17-18)9-8-12-6-4-11(2)5-7-12/h4-9H,3H2,1-2H3/b9-8+. The summed E-state index contributed by atoms with van der Waals surface area (Å²) in [5.41, 5.74) is 3.43. The summed E-state index contributed by atoms with van der Waals surface area (Å²) in [5, 5.41) is 16.7. The molecule has 2 rings (SSSR count). The predicted molar refractivity (Wildman–Crippen MR) is 70.5 cm³/mol. The molecule has 4 nitrogen and oxygen atoms in total. The number of nitrogens with zero attached hydrogens (tertiary/aromatic N) is 4. The molecule has 0 aliphatic rings. The minimum absolute atomic E-state index is 0.361. The van der Waals surface area contributed by atoms with Gasteiger partial charge in [-0.1, -0.05) is 41.1 Å². The minimum atomic E-state index is 0.361. The smallest absolute Gasteiger partial charge is 0.190 e. The van der Waals surface area contributed by atoms with E-state index in [0.717, 1.165) is 11.3 Å². The lowest BCUT2D eigenvalue weighted by atomic mass is 10.1. The third kappa shape index (κ3) is 2.46. The Labute approximate surface area is 106 Å². The van der Waals surface area contributed by atoms with Crippen LogP contribution in [0.15, 0.2) is 24.3 Å². The van der Waals surface area contributed by atoms with Crippen molar-refractivity contribution in [3.63, 3.8) is 0 Å². The summed E-state index contributed by atoms with van der Waals surface area (Å²) in [5.74, 6) is 0. The first-order chi connectivity index (χ1) is 8.74. The highest BCUT2D eigenvalue weighted by molar-refractivity contribution is 5.70. The van der Waals surface area contributed by atoms with Gasteiger partial charge in [-0.15, -0.1) is 5.10 Å². The van der Waals surface area contributed by atoms with Gasteiger partial charge < -0.3 is 0 Å². The van der Waals surface area contributed by atoms with Gasteiger partial charge in [0.1, 0.15) is 6.07 Å². The molecule has 0 saturated heterocycles. The summed E-state index contributed by atoms with van der Waals surface area (Å²) in [4.78, 5) is 0. The summed E-state index contributed by atoms with van der Waals surface area (Å²) in [6, 6.07) is 10.2. The Morgan fingerprint density at radius 1 is 1.28 bits per heavy atom. The summed E-state index contributed by atoms with van der Waals surface area (Å²) >= 11 is 0. The Balaban J connectivity index is 2.31. The van der Waals surface area contributed by atoms with Crippen LogP contribution in [0.3, 0.4) is 0 Å². The number of benzene rings is 1. The number of aromatic nitrogens is 3. The van der Waals surface area contributed by atoms with E-state index in [-0.39, 0.29) is 0 Å². The number of rotatable bonds is 3. The van der Waals surface area contributed by atoms with Crippen molar-refractivity contribution in [3.8, 4) is 6.07 Å². The Morgan fingerprint density at radius 2 is 2.00 bits per heavy atom. The van der Waals surface area contributed by atoms with Crippen molar-refractivity contribution in [2.45, 2.75) is 20.4 Å². The van der Waals surface area contributed by atoms with Gasteiger partial charge in [-0.2, -0.15) is 5.26 Å². The van der Waals surface area contributed by atoms with Crippen LogP contribution in [0.2, 0.25) is 0 Å². The Kier molecular flexibility index (Phi) is 3.54. The van der Waals surface area contributed by atoms with E-state index in [1.54, 1.807) is 4.68 Å². The molecular formula is C14H14N4. The van der Waals surface area contributed by atoms with Crippen LogP contribution in [-0.2, 0) is 6.54 Å². The monoisotopic (exact) mass is 238 g/mol. The first kappa shape index (κ1) is 12.1. The van der Waals surface area contributed by atoms with Gasteiger partial charge in [0.05, 0.1) is 5.69 Å². The van der Waals surface area contributed by atoms with Crippen LogP contribution in [0.1, 0.15) is 29.4 Å². The molecule has 0 unspecified atom stereocenters. The molecule has 0 spiro atoms. The van der Waals surface area contributed by atoms with Gasteiger partial charge in [0, 0.05) is 6.54 Å². The molecular weight excluding hydrogens is 224 g/mol. The lowest BCUT2D eigenvalue weighted by Crippen LogP contribution is -1.99. The number of hydrogen-bond acceptors (Lipinski definition) is 3. The Hall–Kier alpha value is -2.41. The van der Waals surface area contributed by atoms with E-state index in [2.05, 4.69) is 29.4 Å². The molecule has 90 valence electrons. The molecule has 0 N–H and O–H groups in total. The van der Waals surface area contributed by atoms with E-state index in [9.17, 15) is 0 Å². The van der Waals surface area contributed by atoms with Gasteiger partial charge in [0.25, 0.3) is 0 Å². The van der Waals surface area contributed by atoms with Crippen molar-refractivity contribution in [3.05, 3.63) is 46.8 Å². The molecule has 2 aromatic rings. The fourth-order valence-corrected chi connectivity index (χ4v) is 1.65. The largest absolute Gasteiger partial charge is 0.244 e. The second kappa shape index (κ2) is 5.28. The van der Waals surface area contributed by atoms with Gasteiger partial charge in [0.15, 0.2) is 5.69 Å². The maximum absolute atomic E-state index is 8.96. The van der Waals surface area contributed by atoms with E-state index < -0.39 is 0 Å². The predicted octanol–water partition coefficient (Wildman–Crippen LogP) is 2.65. The van der Waals surface area contributed by atoms with Crippen LogP contribution in [0, 0.1) is 18.3 Å². The summed E-state index contributed by atoms with van der Waals surface area (Å²) in [6.07, 6.45) is 3.85. The summed E-state index contributed by atoms with van der Waals surface area (Å²) in [7, 11) is 0. The molecule has 1 aromatic heterocycles. The maximum Gasteiger partial charge on any atom is 0.190 e. The third-order valence-electron chi connectivity index (χ3n) is 2.69. The quantitative estimate of drug-likeness (QED) is 0.826.